The van der Waals surface area contributed by atoms with Gasteiger partial charge >= 0.3 is 29.8 Å². The summed E-state index contributed by atoms with van der Waals surface area (Å²) in [5.41, 5.74) is 0.673. The van der Waals surface area contributed by atoms with Crippen LogP contribution in [0.4, 0.5) is 0 Å². The van der Waals surface area contributed by atoms with E-state index in [4.69, 9.17) is 47.4 Å². The fourth-order valence-electron chi connectivity index (χ4n) is 7.62. The first-order valence-electron chi connectivity index (χ1n) is 22.8. The van der Waals surface area contributed by atoms with Crippen molar-refractivity contribution >= 4 is 37.9 Å². The third-order valence-corrected chi connectivity index (χ3v) is 13.2. The van der Waals surface area contributed by atoms with Gasteiger partial charge in [0.25, 0.3) is 0 Å². The van der Waals surface area contributed by atoms with Crippen LogP contribution in [-0.2, 0) is 42.6 Å². The van der Waals surface area contributed by atoms with Crippen molar-refractivity contribution in [1.29, 1.82) is 0 Å². The Bertz CT molecular complexity index is 2510. The second-order valence-corrected chi connectivity index (χ2v) is 23.4. The molecule has 0 aliphatic carbocycles. The van der Waals surface area contributed by atoms with Gasteiger partial charge in [0.05, 0.1) is 41.0 Å². The van der Waals surface area contributed by atoms with Gasteiger partial charge in [-0.3, -0.25) is 0 Å². The van der Waals surface area contributed by atoms with E-state index in [9.17, 15) is 29.1 Å². The number of carbonyl (C=O) groups is 5. The Morgan fingerprint density at radius 1 is 0.514 bits per heavy atom. The lowest BCUT2D eigenvalue weighted by molar-refractivity contribution is -0.352. The van der Waals surface area contributed by atoms with Gasteiger partial charge in [0, 0.05) is 14.7 Å². The fourth-order valence-corrected chi connectivity index (χ4v) is 8.35. The topological polar surface area (TPSA) is 198 Å². The largest absolute Gasteiger partial charge is 0.497 e. The maximum absolute atomic E-state index is 14.1. The molecule has 5 aromatic rings. The zero-order valence-electron chi connectivity index (χ0n) is 39.3. The number of aliphatic hydroxyl groups excluding tert-OH is 1. The molecule has 0 aromatic heterocycles. The SMILES string of the molecule is COc1ccc(C(=O)OC[C@H]2O[C@@H](O[C@H]3[C@H](OC(=O)c4ccccc4)[C@@H](OC(=O)c4ccccc4)[C@H](OCC[Si](C)(C)C)O[C@@H]3C)[C@H](OC(=O)c3ccccc3)[C@@H](OC(=O)c3ccccc3)[C@H]2O)cc1. The summed E-state index contributed by atoms with van der Waals surface area (Å²) in [6.45, 7) is 7.70. The van der Waals surface area contributed by atoms with Crippen LogP contribution in [0, 0.1) is 0 Å². The number of aliphatic hydroxyl groups is 1. The summed E-state index contributed by atoms with van der Waals surface area (Å²) in [6.07, 6.45) is -15.5. The number of esters is 5. The first-order valence-corrected chi connectivity index (χ1v) is 26.5. The predicted octanol–water partition coefficient (Wildman–Crippen LogP) is 7.33. The number of carbonyl (C=O) groups excluding carboxylic acids is 5. The number of ether oxygens (including phenoxy) is 10. The fraction of sp³-hybridized carbons (Fsp3) is 0.340. The Balaban J connectivity index is 1.29. The smallest absolute Gasteiger partial charge is 0.338 e. The highest BCUT2D eigenvalue weighted by atomic mass is 28.3. The monoisotopic (exact) mass is 976 g/mol. The molecule has 2 heterocycles. The Hall–Kier alpha value is -6.73. The Labute approximate surface area is 406 Å². The van der Waals surface area contributed by atoms with E-state index in [1.807, 2.05) is 0 Å². The molecule has 70 heavy (non-hydrogen) atoms. The van der Waals surface area contributed by atoms with E-state index in [0.29, 0.717) is 11.8 Å². The minimum Gasteiger partial charge on any atom is -0.497 e. The third-order valence-electron chi connectivity index (χ3n) is 11.5. The quantitative estimate of drug-likeness (QED) is 0.0520. The molecule has 17 heteroatoms. The van der Waals surface area contributed by atoms with Gasteiger partial charge in [-0.15, -0.1) is 0 Å². The third kappa shape index (κ3) is 13.3. The van der Waals surface area contributed by atoms with Gasteiger partial charge in [-0.1, -0.05) is 92.4 Å². The van der Waals surface area contributed by atoms with Crippen molar-refractivity contribution in [2.75, 3.05) is 20.3 Å². The Morgan fingerprint density at radius 3 is 1.37 bits per heavy atom. The van der Waals surface area contributed by atoms with Gasteiger partial charge in [-0.25, -0.2) is 24.0 Å². The second-order valence-electron chi connectivity index (χ2n) is 17.8. The molecule has 2 saturated heterocycles. The van der Waals surface area contributed by atoms with Crippen LogP contribution in [0.3, 0.4) is 0 Å². The standard InChI is InChI=1S/C53H56O16Si/c1-33-42(44(66-49(57)35-20-12-7-13-21-35)46(52(63-33)61-30-31-70(3,4)5)68-51(59)37-24-16-9-17-25-37)69-53-45(67-50(58)36-22-14-8-15-23-36)43(65-48(56)34-18-10-6-11-19-34)41(54)40(64-53)32-62-47(55)38-26-28-39(60-2)29-27-38/h6-29,33,40-46,52-54H,30-32H2,1-5H3/t33-,40-,41+,42-,43+,44+,45-,46-,52-,53+/m1/s1. The van der Waals surface area contributed by atoms with Crippen molar-refractivity contribution in [2.24, 2.45) is 0 Å². The van der Waals surface area contributed by atoms with Crippen LogP contribution >= 0.6 is 0 Å². The number of methoxy groups -OCH3 is 1. The molecule has 368 valence electrons. The van der Waals surface area contributed by atoms with Crippen molar-refractivity contribution in [2.45, 2.75) is 94.0 Å². The van der Waals surface area contributed by atoms with Crippen LogP contribution < -0.4 is 4.74 Å². The van der Waals surface area contributed by atoms with Crippen LogP contribution in [0.15, 0.2) is 146 Å². The zero-order chi connectivity index (χ0) is 49.8. The Morgan fingerprint density at radius 2 is 0.929 bits per heavy atom. The number of hydrogen-bond acceptors (Lipinski definition) is 16. The van der Waals surface area contributed by atoms with E-state index in [1.54, 1.807) is 116 Å². The minimum atomic E-state index is -1.82. The van der Waals surface area contributed by atoms with Gasteiger partial charge in [-0.2, -0.15) is 0 Å². The highest BCUT2D eigenvalue weighted by Gasteiger charge is 2.56. The molecule has 0 saturated carbocycles. The summed E-state index contributed by atoms with van der Waals surface area (Å²) in [5, 5.41) is 12.1. The molecular weight excluding hydrogens is 921 g/mol. The number of hydrogen-bond donors (Lipinski definition) is 1. The molecule has 2 aliphatic rings. The van der Waals surface area contributed by atoms with Crippen LogP contribution in [0.1, 0.15) is 58.7 Å². The lowest BCUT2D eigenvalue weighted by Gasteiger charge is -2.48. The number of rotatable bonds is 18. The van der Waals surface area contributed by atoms with Gasteiger partial charge in [0.15, 0.2) is 37.0 Å². The van der Waals surface area contributed by atoms with Crippen LogP contribution in [0.25, 0.3) is 0 Å². The minimum absolute atomic E-state index is 0.0923. The first kappa shape index (κ1) is 51.1. The van der Waals surface area contributed by atoms with Gasteiger partial charge in [0.2, 0.25) is 0 Å². The van der Waals surface area contributed by atoms with E-state index in [0.717, 1.165) is 0 Å². The van der Waals surface area contributed by atoms with Crippen molar-refractivity contribution in [3.63, 3.8) is 0 Å². The molecule has 0 amide bonds. The molecule has 1 N–H and O–H groups in total. The van der Waals surface area contributed by atoms with E-state index in [2.05, 4.69) is 19.6 Å². The average molecular weight is 977 g/mol. The molecule has 7 rings (SSSR count). The molecule has 2 aliphatic heterocycles. The van der Waals surface area contributed by atoms with Gasteiger partial charge in [0.1, 0.15) is 30.7 Å². The van der Waals surface area contributed by atoms with E-state index < -0.39 is 106 Å². The summed E-state index contributed by atoms with van der Waals surface area (Å²) in [7, 11) is -0.201. The maximum atomic E-state index is 14.1. The van der Waals surface area contributed by atoms with Crippen LogP contribution in [-0.4, -0.2) is 125 Å². The maximum Gasteiger partial charge on any atom is 0.338 e. The van der Waals surface area contributed by atoms with Crippen LogP contribution in [0.5, 0.6) is 5.75 Å². The van der Waals surface area contributed by atoms with E-state index >= 15 is 0 Å². The molecule has 0 radical (unpaired) electrons. The van der Waals surface area contributed by atoms with Crippen LogP contribution in [0.2, 0.25) is 25.7 Å². The molecular formula is C53H56O16Si. The summed E-state index contributed by atoms with van der Waals surface area (Å²) in [6, 6.07) is 38.9. The predicted molar refractivity (Wildman–Crippen MR) is 254 cm³/mol. The molecule has 5 aromatic carbocycles. The summed E-state index contributed by atoms with van der Waals surface area (Å²) in [5.74, 6) is -3.73. The van der Waals surface area contributed by atoms with Crippen molar-refractivity contribution in [3.8, 4) is 5.75 Å². The zero-order valence-corrected chi connectivity index (χ0v) is 40.3. The molecule has 0 unspecified atom stereocenters. The number of benzene rings is 5. The Kier molecular flexibility index (Phi) is 17.3. The summed E-state index contributed by atoms with van der Waals surface area (Å²) in [4.78, 5) is 69.4. The summed E-state index contributed by atoms with van der Waals surface area (Å²) < 4.78 is 61.5. The average Bonchev–Trinajstić information content (AvgIpc) is 3.37. The molecule has 0 bridgehead atoms. The molecule has 16 nitrogen and oxygen atoms in total. The first-order chi connectivity index (χ1) is 33.7. The normalized spacial score (nSPS) is 24.3. The van der Waals surface area contributed by atoms with E-state index in [-0.39, 0.29) is 34.4 Å². The lowest BCUT2D eigenvalue weighted by Crippen LogP contribution is -2.66. The highest BCUT2D eigenvalue weighted by Crippen LogP contribution is 2.36. The van der Waals surface area contributed by atoms with Crippen molar-refractivity contribution in [1.82, 2.24) is 0 Å². The molecule has 2 fully saturated rings. The van der Waals surface area contributed by atoms with Gasteiger partial charge < -0.3 is 52.5 Å². The highest BCUT2D eigenvalue weighted by molar-refractivity contribution is 6.76. The van der Waals surface area contributed by atoms with Gasteiger partial charge in [-0.05, 0) is 85.8 Å². The molecule has 0 spiro atoms. The van der Waals surface area contributed by atoms with E-state index in [1.165, 1.54) is 43.5 Å². The molecule has 10 atom stereocenters. The van der Waals surface area contributed by atoms with Crippen molar-refractivity contribution in [3.05, 3.63) is 173 Å². The summed E-state index contributed by atoms with van der Waals surface area (Å²) >= 11 is 0. The second kappa shape index (κ2) is 23.7. The van der Waals surface area contributed by atoms with Crippen molar-refractivity contribution < 1.29 is 76.4 Å². The lowest BCUT2D eigenvalue weighted by atomic mass is 9.96.